The lowest BCUT2D eigenvalue weighted by atomic mass is 10.1. The molecule has 2 saturated heterocycles. The lowest BCUT2D eigenvalue weighted by Gasteiger charge is -2.27. The van der Waals surface area contributed by atoms with Gasteiger partial charge in [-0.3, -0.25) is 4.79 Å². The lowest BCUT2D eigenvalue weighted by Crippen LogP contribution is -2.37. The Morgan fingerprint density at radius 3 is 2.88 bits per heavy atom. The zero-order valence-corrected chi connectivity index (χ0v) is 15.5. The molecule has 0 spiro atoms. The van der Waals surface area contributed by atoms with Gasteiger partial charge in [0.25, 0.3) is 5.91 Å². The summed E-state index contributed by atoms with van der Waals surface area (Å²) in [5.41, 5.74) is 2.62. The molecule has 7 heteroatoms. The lowest BCUT2D eigenvalue weighted by molar-refractivity contribution is 0.0775. The fraction of sp³-hybridized carbons (Fsp3) is 0.579. The highest BCUT2D eigenvalue weighted by Gasteiger charge is 2.27. The van der Waals surface area contributed by atoms with Gasteiger partial charge in [-0.25, -0.2) is 4.98 Å². The predicted molar refractivity (Wildman–Crippen MR) is 99.6 cm³/mol. The third-order valence-corrected chi connectivity index (χ3v) is 5.37. The molecule has 3 heterocycles. The Kier molecular flexibility index (Phi) is 4.82. The van der Waals surface area contributed by atoms with Gasteiger partial charge in [0.2, 0.25) is 5.95 Å². The number of imidazole rings is 1. The van der Waals surface area contributed by atoms with Crippen molar-refractivity contribution in [2.45, 2.75) is 6.42 Å². The van der Waals surface area contributed by atoms with Crippen LogP contribution in [0.4, 0.5) is 5.95 Å². The van der Waals surface area contributed by atoms with Gasteiger partial charge in [-0.05, 0) is 24.6 Å². The molecule has 2 aromatic rings. The standard InChI is InChI=1S/C19H26N4O3/c1-21-17-4-3-15(18(24)23-6-5-14(12-23)13-25-2)11-16(17)20-19(21)22-7-9-26-10-8-22/h3-4,11,14H,5-10,12-13H2,1-2H3/t14-/m0/s1. The molecular weight excluding hydrogens is 332 g/mol. The third kappa shape index (κ3) is 3.17. The number of carbonyl (C=O) groups is 1. The number of hydrogen-bond acceptors (Lipinski definition) is 5. The van der Waals surface area contributed by atoms with E-state index in [0.717, 1.165) is 62.8 Å². The molecule has 0 N–H and O–H groups in total. The number of anilines is 1. The van der Waals surface area contributed by atoms with Gasteiger partial charge in [-0.2, -0.15) is 0 Å². The number of aryl methyl sites for hydroxylation is 1. The van der Waals surface area contributed by atoms with Crippen molar-refractivity contribution in [2.24, 2.45) is 13.0 Å². The van der Waals surface area contributed by atoms with Crippen LogP contribution in [0.1, 0.15) is 16.8 Å². The molecule has 2 aliphatic heterocycles. The van der Waals surface area contributed by atoms with Gasteiger partial charge in [0.15, 0.2) is 0 Å². The van der Waals surface area contributed by atoms with Crippen LogP contribution < -0.4 is 4.90 Å². The van der Waals surface area contributed by atoms with Crippen LogP contribution in [-0.4, -0.2) is 73.5 Å². The Labute approximate surface area is 153 Å². The van der Waals surface area contributed by atoms with E-state index in [2.05, 4.69) is 9.47 Å². The van der Waals surface area contributed by atoms with Crippen LogP contribution >= 0.6 is 0 Å². The van der Waals surface area contributed by atoms with Crippen molar-refractivity contribution in [3.05, 3.63) is 23.8 Å². The number of fused-ring (bicyclic) bond motifs is 1. The van der Waals surface area contributed by atoms with E-state index in [1.807, 2.05) is 30.1 Å². The topological polar surface area (TPSA) is 59.8 Å². The fourth-order valence-electron chi connectivity index (χ4n) is 3.94. The largest absolute Gasteiger partial charge is 0.384 e. The molecule has 140 valence electrons. The fourth-order valence-corrected chi connectivity index (χ4v) is 3.94. The minimum atomic E-state index is 0.0871. The second kappa shape index (κ2) is 7.25. The first-order valence-corrected chi connectivity index (χ1v) is 9.24. The van der Waals surface area contributed by atoms with E-state index >= 15 is 0 Å². The molecule has 0 aliphatic carbocycles. The molecule has 2 aliphatic rings. The van der Waals surface area contributed by atoms with Crippen molar-refractivity contribution < 1.29 is 14.3 Å². The minimum absolute atomic E-state index is 0.0871. The van der Waals surface area contributed by atoms with Crippen molar-refractivity contribution in [3.8, 4) is 0 Å². The Morgan fingerprint density at radius 2 is 2.12 bits per heavy atom. The summed E-state index contributed by atoms with van der Waals surface area (Å²) >= 11 is 0. The number of amides is 1. The number of hydrogen-bond donors (Lipinski definition) is 0. The number of benzene rings is 1. The number of nitrogens with zero attached hydrogens (tertiary/aromatic N) is 4. The zero-order chi connectivity index (χ0) is 18.1. The molecule has 0 radical (unpaired) electrons. The van der Waals surface area contributed by atoms with Crippen LogP contribution in [0.15, 0.2) is 18.2 Å². The van der Waals surface area contributed by atoms with E-state index in [4.69, 9.17) is 14.5 Å². The smallest absolute Gasteiger partial charge is 0.253 e. The van der Waals surface area contributed by atoms with E-state index in [-0.39, 0.29) is 5.91 Å². The third-order valence-electron chi connectivity index (χ3n) is 5.37. The first-order valence-electron chi connectivity index (χ1n) is 9.24. The molecule has 0 saturated carbocycles. The number of aromatic nitrogens is 2. The molecule has 0 unspecified atom stereocenters. The summed E-state index contributed by atoms with van der Waals surface area (Å²) in [6.07, 6.45) is 1.01. The molecule has 4 rings (SSSR count). The van der Waals surface area contributed by atoms with Crippen molar-refractivity contribution in [1.29, 1.82) is 0 Å². The first kappa shape index (κ1) is 17.3. The Morgan fingerprint density at radius 1 is 1.31 bits per heavy atom. The number of carbonyl (C=O) groups excluding carboxylic acids is 1. The van der Waals surface area contributed by atoms with Gasteiger partial charge in [0.1, 0.15) is 0 Å². The number of likely N-dealkylation sites (tertiary alicyclic amines) is 1. The zero-order valence-electron chi connectivity index (χ0n) is 15.5. The predicted octanol–water partition coefficient (Wildman–Crippen LogP) is 1.52. The second-order valence-electron chi connectivity index (χ2n) is 7.13. The molecular formula is C19H26N4O3. The quantitative estimate of drug-likeness (QED) is 0.829. The molecule has 0 bridgehead atoms. The summed E-state index contributed by atoms with van der Waals surface area (Å²) < 4.78 is 12.8. The molecule has 26 heavy (non-hydrogen) atoms. The molecule has 2 fully saturated rings. The summed E-state index contributed by atoms with van der Waals surface area (Å²) in [6.45, 7) is 5.42. The molecule has 1 aromatic carbocycles. The van der Waals surface area contributed by atoms with Crippen LogP contribution in [-0.2, 0) is 16.5 Å². The number of morpholine rings is 1. The number of ether oxygens (including phenoxy) is 2. The minimum Gasteiger partial charge on any atom is -0.384 e. The van der Waals surface area contributed by atoms with E-state index < -0.39 is 0 Å². The average molecular weight is 358 g/mol. The van der Waals surface area contributed by atoms with Gasteiger partial charge < -0.3 is 23.8 Å². The maximum absolute atomic E-state index is 12.9. The molecule has 1 atom stereocenters. The Hall–Kier alpha value is -2.12. The summed E-state index contributed by atoms with van der Waals surface area (Å²) in [5.74, 6) is 1.47. The van der Waals surface area contributed by atoms with Gasteiger partial charge in [-0.1, -0.05) is 0 Å². The van der Waals surface area contributed by atoms with Crippen molar-refractivity contribution >= 4 is 22.9 Å². The Bertz CT molecular complexity index is 797. The normalized spacial score (nSPS) is 20.9. The second-order valence-corrected chi connectivity index (χ2v) is 7.13. The first-order chi connectivity index (χ1) is 12.7. The van der Waals surface area contributed by atoms with Crippen LogP contribution in [0.5, 0.6) is 0 Å². The van der Waals surface area contributed by atoms with E-state index in [1.54, 1.807) is 7.11 Å². The summed E-state index contributed by atoms with van der Waals surface area (Å²) in [7, 11) is 3.74. The highest BCUT2D eigenvalue weighted by Crippen LogP contribution is 2.25. The maximum Gasteiger partial charge on any atom is 0.253 e. The number of methoxy groups -OCH3 is 1. The van der Waals surface area contributed by atoms with Gasteiger partial charge >= 0.3 is 0 Å². The summed E-state index contributed by atoms with van der Waals surface area (Å²) in [4.78, 5) is 21.8. The SMILES string of the molecule is COC[C@H]1CCN(C(=O)c2ccc3c(c2)nc(N2CCOCC2)n3C)C1. The van der Waals surface area contributed by atoms with E-state index in [9.17, 15) is 4.79 Å². The van der Waals surface area contributed by atoms with Crippen LogP contribution in [0.25, 0.3) is 11.0 Å². The van der Waals surface area contributed by atoms with Gasteiger partial charge in [0, 0.05) is 51.8 Å². The van der Waals surface area contributed by atoms with Crippen LogP contribution in [0, 0.1) is 5.92 Å². The monoisotopic (exact) mass is 358 g/mol. The average Bonchev–Trinajstić information content (AvgIpc) is 3.27. The molecule has 1 aromatic heterocycles. The number of rotatable bonds is 4. The van der Waals surface area contributed by atoms with E-state index in [1.165, 1.54) is 0 Å². The van der Waals surface area contributed by atoms with Crippen molar-refractivity contribution in [1.82, 2.24) is 14.5 Å². The van der Waals surface area contributed by atoms with Crippen LogP contribution in [0.3, 0.4) is 0 Å². The Balaban J connectivity index is 1.56. The van der Waals surface area contributed by atoms with Crippen LogP contribution in [0.2, 0.25) is 0 Å². The molecule has 1 amide bonds. The maximum atomic E-state index is 12.9. The summed E-state index contributed by atoms with van der Waals surface area (Å²) in [5, 5.41) is 0. The highest BCUT2D eigenvalue weighted by atomic mass is 16.5. The molecule has 7 nitrogen and oxygen atoms in total. The highest BCUT2D eigenvalue weighted by molar-refractivity contribution is 5.98. The summed E-state index contributed by atoms with van der Waals surface area (Å²) in [6, 6.07) is 5.84. The van der Waals surface area contributed by atoms with E-state index in [0.29, 0.717) is 18.1 Å². The van der Waals surface area contributed by atoms with Crippen molar-refractivity contribution in [2.75, 3.05) is 58.0 Å². The van der Waals surface area contributed by atoms with Crippen molar-refractivity contribution in [3.63, 3.8) is 0 Å². The van der Waals surface area contributed by atoms with Gasteiger partial charge in [0.05, 0.1) is 30.9 Å². The van der Waals surface area contributed by atoms with Gasteiger partial charge in [-0.15, -0.1) is 0 Å².